The van der Waals surface area contributed by atoms with Crippen molar-refractivity contribution in [1.29, 1.82) is 0 Å². The molecule has 0 aromatic heterocycles. The Balaban J connectivity index is 2.05. The van der Waals surface area contributed by atoms with E-state index >= 15 is 0 Å². The average Bonchev–Trinajstić information content (AvgIpc) is 2.66. The van der Waals surface area contributed by atoms with Gasteiger partial charge >= 0.3 is 0 Å². The number of aliphatic hydroxyl groups is 1. The lowest BCUT2D eigenvalue weighted by Gasteiger charge is -2.41. The van der Waals surface area contributed by atoms with Gasteiger partial charge < -0.3 is 5.11 Å². The molecule has 16 heavy (non-hydrogen) atoms. The predicted molar refractivity (Wildman–Crippen MR) is 66.9 cm³/mol. The monoisotopic (exact) mass is 218 g/mol. The third-order valence-electron chi connectivity index (χ3n) is 4.20. The predicted octanol–water partition coefficient (Wildman–Crippen LogP) is 3.43. The van der Waals surface area contributed by atoms with E-state index in [1.165, 1.54) is 32.1 Å². The van der Waals surface area contributed by atoms with Gasteiger partial charge in [-0.05, 0) is 43.9 Å². The first-order valence-electron chi connectivity index (χ1n) is 6.51. The quantitative estimate of drug-likeness (QED) is 0.528. The van der Waals surface area contributed by atoms with Crippen LogP contribution in [0.25, 0.3) is 0 Å². The second-order valence-electron chi connectivity index (χ2n) is 5.56. The first-order chi connectivity index (χ1) is 7.68. The molecule has 0 aromatic rings. The Morgan fingerprint density at radius 2 is 1.81 bits per heavy atom. The lowest BCUT2D eigenvalue weighted by Crippen LogP contribution is -2.39. The molecule has 2 aliphatic rings. The highest BCUT2D eigenvalue weighted by Gasteiger charge is 2.44. The average molecular weight is 218 g/mol. The minimum atomic E-state index is -0.703. The van der Waals surface area contributed by atoms with Gasteiger partial charge in [-0.25, -0.2) is 0 Å². The van der Waals surface area contributed by atoms with Crippen LogP contribution in [0.3, 0.4) is 0 Å². The van der Waals surface area contributed by atoms with Crippen LogP contribution in [0.1, 0.15) is 57.8 Å². The van der Waals surface area contributed by atoms with Crippen LogP contribution in [-0.4, -0.2) is 10.7 Å². The molecule has 0 aliphatic heterocycles. The van der Waals surface area contributed by atoms with Gasteiger partial charge in [-0.15, -0.1) is 6.58 Å². The maximum absolute atomic E-state index is 10.5. The Bertz CT molecular complexity index is 314. The van der Waals surface area contributed by atoms with Gasteiger partial charge in [0, 0.05) is 6.42 Å². The minimum absolute atomic E-state index is 0.426. The van der Waals surface area contributed by atoms with Crippen molar-refractivity contribution in [2.24, 2.45) is 5.41 Å². The van der Waals surface area contributed by atoms with E-state index < -0.39 is 5.60 Å². The Labute approximate surface area is 98.9 Å². The third-order valence-corrected chi connectivity index (χ3v) is 4.20. The molecule has 0 bridgehead atoms. The van der Waals surface area contributed by atoms with E-state index in [2.05, 4.69) is 18.4 Å². The Morgan fingerprint density at radius 3 is 2.50 bits per heavy atom. The van der Waals surface area contributed by atoms with Gasteiger partial charge in [0.05, 0.1) is 0 Å². The highest BCUT2D eigenvalue weighted by molar-refractivity contribution is 5.18. The summed E-state index contributed by atoms with van der Waals surface area (Å²) in [5.41, 5.74) is -0.276. The number of rotatable bonds is 1. The van der Waals surface area contributed by atoms with Crippen molar-refractivity contribution in [3.63, 3.8) is 0 Å². The zero-order chi connectivity index (χ0) is 11.5. The standard InChI is InChI=1S/C15H22O/c1-2-3-4-11-15(16)12-7-10-14(13-15)8-5-6-9-14/h2,16H,1,3,5-10,12-13H2. The molecular weight excluding hydrogens is 196 g/mol. The lowest BCUT2D eigenvalue weighted by molar-refractivity contribution is -0.00293. The largest absolute Gasteiger partial charge is 0.378 e. The molecule has 2 rings (SSSR count). The first-order valence-corrected chi connectivity index (χ1v) is 6.51. The molecule has 0 heterocycles. The fourth-order valence-electron chi connectivity index (χ4n) is 3.50. The molecule has 1 spiro atoms. The van der Waals surface area contributed by atoms with E-state index in [9.17, 15) is 5.11 Å². The van der Waals surface area contributed by atoms with Crippen molar-refractivity contribution in [2.75, 3.05) is 0 Å². The zero-order valence-electron chi connectivity index (χ0n) is 10.1. The van der Waals surface area contributed by atoms with Crippen LogP contribution in [0.4, 0.5) is 0 Å². The van der Waals surface area contributed by atoms with Gasteiger partial charge in [0.1, 0.15) is 5.60 Å². The van der Waals surface area contributed by atoms with E-state index in [1.54, 1.807) is 6.08 Å². The summed E-state index contributed by atoms with van der Waals surface area (Å²) in [6, 6.07) is 0. The molecular formula is C15H22O. The SMILES string of the molecule is C=CCC#CC1(O)CCCC2(CCCC2)C1. The summed E-state index contributed by atoms with van der Waals surface area (Å²) in [7, 11) is 0. The van der Waals surface area contributed by atoms with Crippen LogP contribution >= 0.6 is 0 Å². The summed E-state index contributed by atoms with van der Waals surface area (Å²) in [6.07, 6.45) is 12.0. The normalized spacial score (nSPS) is 32.1. The Morgan fingerprint density at radius 1 is 1.12 bits per heavy atom. The second-order valence-corrected chi connectivity index (χ2v) is 5.56. The molecule has 2 fully saturated rings. The number of hydrogen-bond donors (Lipinski definition) is 1. The summed E-state index contributed by atoms with van der Waals surface area (Å²) in [5.74, 6) is 6.12. The lowest BCUT2D eigenvalue weighted by atomic mass is 9.67. The van der Waals surface area contributed by atoms with Crippen LogP contribution in [0.15, 0.2) is 12.7 Å². The Hall–Kier alpha value is -0.740. The summed E-state index contributed by atoms with van der Waals surface area (Å²) < 4.78 is 0. The number of hydrogen-bond acceptors (Lipinski definition) is 1. The van der Waals surface area contributed by atoms with Crippen molar-refractivity contribution < 1.29 is 5.11 Å². The van der Waals surface area contributed by atoms with Gasteiger partial charge in [0.15, 0.2) is 0 Å². The van der Waals surface area contributed by atoms with Gasteiger partial charge in [0.2, 0.25) is 0 Å². The topological polar surface area (TPSA) is 20.2 Å². The van der Waals surface area contributed by atoms with E-state index in [1.807, 2.05) is 0 Å². The van der Waals surface area contributed by atoms with E-state index in [0.29, 0.717) is 11.8 Å². The molecule has 0 saturated heterocycles. The second kappa shape index (κ2) is 4.63. The van der Waals surface area contributed by atoms with Crippen LogP contribution in [0.5, 0.6) is 0 Å². The summed E-state index contributed by atoms with van der Waals surface area (Å²) in [4.78, 5) is 0. The van der Waals surface area contributed by atoms with Gasteiger partial charge in [0.25, 0.3) is 0 Å². The first kappa shape index (κ1) is 11.7. The molecule has 1 atom stereocenters. The zero-order valence-corrected chi connectivity index (χ0v) is 10.1. The van der Waals surface area contributed by atoms with Gasteiger partial charge in [-0.2, -0.15) is 0 Å². The Kier molecular flexibility index (Phi) is 3.40. The highest BCUT2D eigenvalue weighted by Crippen LogP contribution is 2.51. The minimum Gasteiger partial charge on any atom is -0.378 e. The van der Waals surface area contributed by atoms with Crippen molar-refractivity contribution in [2.45, 2.75) is 63.4 Å². The van der Waals surface area contributed by atoms with E-state index in [4.69, 9.17) is 0 Å². The third kappa shape index (κ3) is 2.50. The molecule has 1 heteroatoms. The van der Waals surface area contributed by atoms with Crippen LogP contribution in [0, 0.1) is 17.3 Å². The highest BCUT2D eigenvalue weighted by atomic mass is 16.3. The summed E-state index contributed by atoms with van der Waals surface area (Å²) in [5, 5.41) is 10.5. The molecule has 1 N–H and O–H groups in total. The maximum Gasteiger partial charge on any atom is 0.126 e. The fourth-order valence-corrected chi connectivity index (χ4v) is 3.50. The van der Waals surface area contributed by atoms with E-state index in [-0.39, 0.29) is 0 Å². The molecule has 0 aromatic carbocycles. The van der Waals surface area contributed by atoms with Crippen LogP contribution < -0.4 is 0 Å². The molecule has 0 amide bonds. The molecule has 1 unspecified atom stereocenters. The van der Waals surface area contributed by atoms with E-state index in [0.717, 1.165) is 19.3 Å². The van der Waals surface area contributed by atoms with Crippen molar-refractivity contribution in [3.8, 4) is 11.8 Å². The van der Waals surface area contributed by atoms with Crippen molar-refractivity contribution in [1.82, 2.24) is 0 Å². The summed E-state index contributed by atoms with van der Waals surface area (Å²) >= 11 is 0. The van der Waals surface area contributed by atoms with Gasteiger partial charge in [-0.3, -0.25) is 0 Å². The number of allylic oxidation sites excluding steroid dienone is 1. The van der Waals surface area contributed by atoms with Crippen LogP contribution in [-0.2, 0) is 0 Å². The molecule has 2 aliphatic carbocycles. The molecule has 1 nitrogen and oxygen atoms in total. The van der Waals surface area contributed by atoms with Gasteiger partial charge in [-0.1, -0.05) is 30.8 Å². The smallest absolute Gasteiger partial charge is 0.126 e. The van der Waals surface area contributed by atoms with Crippen LogP contribution in [0.2, 0.25) is 0 Å². The van der Waals surface area contributed by atoms with Crippen molar-refractivity contribution in [3.05, 3.63) is 12.7 Å². The summed E-state index contributed by atoms with van der Waals surface area (Å²) in [6.45, 7) is 3.65. The molecule has 2 saturated carbocycles. The van der Waals surface area contributed by atoms with Crippen molar-refractivity contribution >= 4 is 0 Å². The maximum atomic E-state index is 10.5. The molecule has 88 valence electrons. The molecule has 0 radical (unpaired) electrons. The fraction of sp³-hybridized carbons (Fsp3) is 0.733.